The van der Waals surface area contributed by atoms with Gasteiger partial charge in [0.05, 0.1) is 6.61 Å². The van der Waals surface area contributed by atoms with E-state index in [-0.39, 0.29) is 12.2 Å². The standard InChI is InChI=1S/C13H13F3O2/c1-2-18-11(17)12(7-13(15,16)8-12)9-4-3-5-10(14)6-9/h3-6H,2,7-8H2,1H3. The first kappa shape index (κ1) is 12.9. The van der Waals surface area contributed by atoms with Gasteiger partial charge in [0.25, 0.3) is 5.92 Å². The van der Waals surface area contributed by atoms with Crippen LogP contribution in [0, 0.1) is 5.82 Å². The van der Waals surface area contributed by atoms with E-state index in [9.17, 15) is 18.0 Å². The zero-order valence-corrected chi connectivity index (χ0v) is 9.88. The Bertz CT molecular complexity index is 463. The van der Waals surface area contributed by atoms with Crippen LogP contribution in [0.25, 0.3) is 0 Å². The summed E-state index contributed by atoms with van der Waals surface area (Å²) in [4.78, 5) is 11.9. The molecule has 1 aromatic rings. The molecule has 0 spiro atoms. The number of hydrogen-bond acceptors (Lipinski definition) is 2. The fourth-order valence-electron chi connectivity index (χ4n) is 2.35. The summed E-state index contributed by atoms with van der Waals surface area (Å²) >= 11 is 0. The lowest BCUT2D eigenvalue weighted by atomic mass is 9.62. The summed E-state index contributed by atoms with van der Waals surface area (Å²) in [5.74, 6) is -4.15. The minimum absolute atomic E-state index is 0.113. The van der Waals surface area contributed by atoms with Gasteiger partial charge in [0, 0.05) is 12.8 Å². The molecule has 98 valence electrons. The monoisotopic (exact) mass is 258 g/mol. The zero-order chi connectivity index (χ0) is 13.4. The lowest BCUT2D eigenvalue weighted by Crippen LogP contribution is -2.55. The molecular formula is C13H13F3O2. The van der Waals surface area contributed by atoms with Crippen molar-refractivity contribution in [1.82, 2.24) is 0 Å². The molecule has 2 rings (SSSR count). The fourth-order valence-corrected chi connectivity index (χ4v) is 2.35. The van der Waals surface area contributed by atoms with Crippen molar-refractivity contribution < 1.29 is 22.7 Å². The van der Waals surface area contributed by atoms with E-state index < -0.39 is 36.0 Å². The summed E-state index contributed by atoms with van der Waals surface area (Å²) in [5.41, 5.74) is -1.14. The molecule has 0 N–H and O–H groups in total. The first-order chi connectivity index (χ1) is 8.39. The van der Waals surface area contributed by atoms with Gasteiger partial charge < -0.3 is 4.74 Å². The second kappa shape index (κ2) is 4.30. The molecule has 0 aliphatic heterocycles. The maximum Gasteiger partial charge on any atom is 0.317 e. The van der Waals surface area contributed by atoms with Crippen LogP contribution in [0.2, 0.25) is 0 Å². The lowest BCUT2D eigenvalue weighted by Gasteiger charge is -2.45. The molecule has 0 amide bonds. The maximum atomic E-state index is 13.2. The Morgan fingerprint density at radius 1 is 1.39 bits per heavy atom. The smallest absolute Gasteiger partial charge is 0.317 e. The van der Waals surface area contributed by atoms with Gasteiger partial charge in [0.2, 0.25) is 0 Å². The third-order valence-electron chi connectivity index (χ3n) is 3.16. The Hall–Kier alpha value is -1.52. The highest BCUT2D eigenvalue weighted by atomic mass is 19.3. The Balaban J connectivity index is 2.35. The SMILES string of the molecule is CCOC(=O)C1(c2cccc(F)c2)CC(F)(F)C1. The molecule has 0 unspecified atom stereocenters. The number of carbonyl (C=O) groups excluding carboxylic acids is 1. The second-order valence-electron chi connectivity index (χ2n) is 4.52. The van der Waals surface area contributed by atoms with Gasteiger partial charge in [-0.1, -0.05) is 12.1 Å². The Kier molecular flexibility index (Phi) is 3.09. The van der Waals surface area contributed by atoms with Crippen LogP contribution in [0.15, 0.2) is 24.3 Å². The van der Waals surface area contributed by atoms with E-state index in [2.05, 4.69) is 0 Å². The fraction of sp³-hybridized carbons (Fsp3) is 0.462. The van der Waals surface area contributed by atoms with Gasteiger partial charge in [0.1, 0.15) is 11.2 Å². The number of halogens is 3. The van der Waals surface area contributed by atoms with E-state index in [1.807, 2.05) is 0 Å². The molecule has 5 heteroatoms. The van der Waals surface area contributed by atoms with Crippen molar-refractivity contribution in [2.75, 3.05) is 6.61 Å². The van der Waals surface area contributed by atoms with Gasteiger partial charge in [-0.3, -0.25) is 4.79 Å². The van der Waals surface area contributed by atoms with Crippen LogP contribution in [0.5, 0.6) is 0 Å². The number of alkyl halides is 2. The van der Waals surface area contributed by atoms with Crippen LogP contribution < -0.4 is 0 Å². The van der Waals surface area contributed by atoms with Gasteiger partial charge in [-0.15, -0.1) is 0 Å². The van der Waals surface area contributed by atoms with Crippen LogP contribution in [0.1, 0.15) is 25.3 Å². The van der Waals surface area contributed by atoms with Crippen LogP contribution in [0.4, 0.5) is 13.2 Å². The Labute approximate surface area is 103 Å². The van der Waals surface area contributed by atoms with Gasteiger partial charge >= 0.3 is 5.97 Å². The predicted octanol–water partition coefficient (Wildman–Crippen LogP) is 3.06. The summed E-state index contributed by atoms with van der Waals surface area (Å²) in [7, 11) is 0. The molecule has 0 aromatic heterocycles. The topological polar surface area (TPSA) is 26.3 Å². The molecule has 2 nitrogen and oxygen atoms in total. The van der Waals surface area contributed by atoms with E-state index in [0.29, 0.717) is 0 Å². The van der Waals surface area contributed by atoms with E-state index >= 15 is 0 Å². The van der Waals surface area contributed by atoms with E-state index in [1.54, 1.807) is 6.92 Å². The Morgan fingerprint density at radius 3 is 2.56 bits per heavy atom. The summed E-state index contributed by atoms with van der Waals surface area (Å²) in [6, 6.07) is 5.21. The number of carbonyl (C=O) groups is 1. The highest BCUT2D eigenvalue weighted by molar-refractivity contribution is 5.85. The molecule has 0 radical (unpaired) electrons. The Morgan fingerprint density at radius 2 is 2.06 bits per heavy atom. The average Bonchev–Trinajstić information content (AvgIpc) is 2.25. The zero-order valence-electron chi connectivity index (χ0n) is 9.88. The number of esters is 1. The minimum Gasteiger partial charge on any atom is -0.465 e. The summed E-state index contributed by atoms with van der Waals surface area (Å²) in [5, 5.41) is 0. The van der Waals surface area contributed by atoms with E-state index in [4.69, 9.17) is 4.74 Å². The number of ether oxygens (including phenoxy) is 1. The molecule has 1 aromatic carbocycles. The molecule has 0 bridgehead atoms. The van der Waals surface area contributed by atoms with Crippen molar-refractivity contribution in [1.29, 1.82) is 0 Å². The highest BCUT2D eigenvalue weighted by Crippen LogP contribution is 2.54. The van der Waals surface area contributed by atoms with E-state index in [1.165, 1.54) is 18.2 Å². The minimum atomic E-state index is -2.89. The normalized spacial score (nSPS) is 20.0. The molecule has 1 saturated carbocycles. The molecule has 1 fully saturated rings. The molecule has 0 saturated heterocycles. The molecular weight excluding hydrogens is 245 g/mol. The van der Waals surface area contributed by atoms with Gasteiger partial charge in [-0.05, 0) is 24.6 Å². The molecule has 1 aliphatic rings. The van der Waals surface area contributed by atoms with Crippen molar-refractivity contribution in [2.24, 2.45) is 0 Å². The molecule has 18 heavy (non-hydrogen) atoms. The van der Waals surface area contributed by atoms with E-state index in [0.717, 1.165) is 6.07 Å². The predicted molar refractivity (Wildman–Crippen MR) is 58.9 cm³/mol. The maximum absolute atomic E-state index is 13.2. The second-order valence-corrected chi connectivity index (χ2v) is 4.52. The third kappa shape index (κ3) is 2.09. The van der Waals surface area contributed by atoms with Crippen LogP contribution >= 0.6 is 0 Å². The molecule has 1 aliphatic carbocycles. The molecule has 0 heterocycles. The lowest BCUT2D eigenvalue weighted by molar-refractivity contribution is -0.179. The largest absolute Gasteiger partial charge is 0.465 e. The van der Waals surface area contributed by atoms with Crippen molar-refractivity contribution in [3.8, 4) is 0 Å². The van der Waals surface area contributed by atoms with Gasteiger partial charge in [-0.25, -0.2) is 13.2 Å². The van der Waals surface area contributed by atoms with Crippen LogP contribution in [-0.2, 0) is 14.9 Å². The van der Waals surface area contributed by atoms with Crippen LogP contribution in [0.3, 0.4) is 0 Å². The highest BCUT2D eigenvalue weighted by Gasteiger charge is 2.62. The van der Waals surface area contributed by atoms with Gasteiger partial charge in [-0.2, -0.15) is 0 Å². The number of rotatable bonds is 3. The van der Waals surface area contributed by atoms with Crippen molar-refractivity contribution in [3.05, 3.63) is 35.6 Å². The van der Waals surface area contributed by atoms with Crippen molar-refractivity contribution >= 4 is 5.97 Å². The molecule has 0 atom stereocenters. The summed E-state index contributed by atoms with van der Waals surface area (Å²) < 4.78 is 44.2. The van der Waals surface area contributed by atoms with Gasteiger partial charge in [0.15, 0.2) is 0 Å². The first-order valence-electron chi connectivity index (χ1n) is 5.71. The quantitative estimate of drug-likeness (QED) is 0.779. The first-order valence-corrected chi connectivity index (χ1v) is 5.71. The average molecular weight is 258 g/mol. The van der Waals surface area contributed by atoms with Crippen molar-refractivity contribution in [3.63, 3.8) is 0 Å². The third-order valence-corrected chi connectivity index (χ3v) is 3.16. The number of hydrogen-bond donors (Lipinski definition) is 0. The van der Waals surface area contributed by atoms with Crippen molar-refractivity contribution in [2.45, 2.75) is 31.1 Å². The summed E-state index contributed by atoms with van der Waals surface area (Å²) in [6.45, 7) is 1.72. The summed E-state index contributed by atoms with van der Waals surface area (Å²) in [6.07, 6.45) is -1.25. The number of benzene rings is 1. The van der Waals surface area contributed by atoms with Crippen LogP contribution in [-0.4, -0.2) is 18.5 Å².